The fraction of sp³-hybridized carbons (Fsp3) is 0.409. The van der Waals surface area contributed by atoms with Gasteiger partial charge in [0.15, 0.2) is 0 Å². The molecule has 0 saturated carbocycles. The molecule has 1 saturated heterocycles. The van der Waals surface area contributed by atoms with Crippen LogP contribution in [-0.4, -0.2) is 43.8 Å². The van der Waals surface area contributed by atoms with Gasteiger partial charge in [0, 0.05) is 36.6 Å². The van der Waals surface area contributed by atoms with Crippen LogP contribution in [-0.2, 0) is 10.4 Å². The van der Waals surface area contributed by atoms with E-state index in [4.69, 9.17) is 0 Å². The van der Waals surface area contributed by atoms with Gasteiger partial charge in [-0.05, 0) is 56.0 Å². The van der Waals surface area contributed by atoms with Crippen LogP contribution in [0.5, 0.6) is 0 Å². The van der Waals surface area contributed by atoms with Crippen molar-refractivity contribution in [1.29, 1.82) is 0 Å². The number of aromatic nitrogens is 3. The molecule has 1 aliphatic rings. The molecule has 0 aliphatic carbocycles. The van der Waals surface area contributed by atoms with Crippen LogP contribution in [0.2, 0.25) is 0 Å². The minimum atomic E-state index is -0.913. The van der Waals surface area contributed by atoms with Crippen molar-refractivity contribution in [3.63, 3.8) is 0 Å². The van der Waals surface area contributed by atoms with Crippen LogP contribution in [0.3, 0.4) is 0 Å². The molecule has 0 spiro atoms. The van der Waals surface area contributed by atoms with E-state index in [0.717, 1.165) is 22.2 Å². The Balaban J connectivity index is 1.49. The van der Waals surface area contributed by atoms with Crippen LogP contribution in [0, 0.1) is 6.92 Å². The van der Waals surface area contributed by atoms with Crippen molar-refractivity contribution in [3.8, 4) is 0 Å². The van der Waals surface area contributed by atoms with Gasteiger partial charge in [-0.25, -0.2) is 0 Å². The summed E-state index contributed by atoms with van der Waals surface area (Å²) in [6.45, 7) is 5.05. The van der Waals surface area contributed by atoms with Gasteiger partial charge >= 0.3 is 0 Å². The second-order valence-corrected chi connectivity index (χ2v) is 7.63. The molecule has 2 aromatic heterocycles. The maximum Gasteiger partial charge on any atom is 0.247 e. The average molecular weight is 378 g/mol. The van der Waals surface area contributed by atoms with Crippen molar-refractivity contribution in [2.24, 2.45) is 0 Å². The molecule has 6 nitrogen and oxygen atoms in total. The summed E-state index contributed by atoms with van der Waals surface area (Å²) in [6.07, 6.45) is 5.27. The van der Waals surface area contributed by atoms with Gasteiger partial charge in [-0.2, -0.15) is 5.10 Å². The largest absolute Gasteiger partial charge is 0.385 e. The highest BCUT2D eigenvalue weighted by molar-refractivity contribution is 5.81. The van der Waals surface area contributed by atoms with Gasteiger partial charge in [0.25, 0.3) is 0 Å². The number of aryl methyl sites for hydroxylation is 1. The monoisotopic (exact) mass is 378 g/mol. The smallest absolute Gasteiger partial charge is 0.247 e. The number of hydrogen-bond donors (Lipinski definition) is 1. The van der Waals surface area contributed by atoms with Crippen LogP contribution in [0.15, 0.2) is 48.8 Å². The van der Waals surface area contributed by atoms with Crippen molar-refractivity contribution < 1.29 is 9.90 Å². The normalized spacial score (nSPS) is 17.6. The summed E-state index contributed by atoms with van der Waals surface area (Å²) in [5.41, 5.74) is 1.90. The topological polar surface area (TPSA) is 71.2 Å². The highest BCUT2D eigenvalue weighted by atomic mass is 16.3. The van der Waals surface area contributed by atoms with Crippen molar-refractivity contribution in [3.05, 3.63) is 60.0 Å². The summed E-state index contributed by atoms with van der Waals surface area (Å²) < 4.78 is 1.72. The zero-order valence-corrected chi connectivity index (χ0v) is 16.4. The van der Waals surface area contributed by atoms with Crippen LogP contribution in [0.25, 0.3) is 10.9 Å². The number of carbonyl (C=O) groups is 1. The fourth-order valence-corrected chi connectivity index (χ4v) is 4.05. The van der Waals surface area contributed by atoms with E-state index < -0.39 is 5.60 Å². The number of hydrogen-bond acceptors (Lipinski definition) is 4. The predicted octanol–water partition coefficient (Wildman–Crippen LogP) is 3.20. The molecule has 1 N–H and O–H groups in total. The SMILES string of the molecule is CCC(C(=O)N1CCC(O)(c2ccc3nc(C)ccc3c2)CC1)n1cccn1. The molecule has 3 heterocycles. The zero-order chi connectivity index (χ0) is 19.7. The lowest BCUT2D eigenvalue weighted by Crippen LogP contribution is -2.47. The summed E-state index contributed by atoms with van der Waals surface area (Å²) in [5, 5.41) is 16.5. The number of piperidine rings is 1. The molecule has 0 bridgehead atoms. The van der Waals surface area contributed by atoms with Gasteiger partial charge in [0.1, 0.15) is 6.04 Å². The molecule has 6 heteroatoms. The maximum absolute atomic E-state index is 13.0. The third-order valence-corrected chi connectivity index (χ3v) is 5.78. The second-order valence-electron chi connectivity index (χ2n) is 7.63. The quantitative estimate of drug-likeness (QED) is 0.757. The molecular weight excluding hydrogens is 352 g/mol. The van der Waals surface area contributed by atoms with E-state index in [-0.39, 0.29) is 11.9 Å². The first-order chi connectivity index (χ1) is 13.5. The molecule has 1 aromatic carbocycles. The Hall–Kier alpha value is -2.73. The van der Waals surface area contributed by atoms with E-state index in [9.17, 15) is 9.90 Å². The maximum atomic E-state index is 13.0. The first kappa shape index (κ1) is 18.6. The van der Waals surface area contributed by atoms with E-state index in [1.54, 1.807) is 10.9 Å². The lowest BCUT2D eigenvalue weighted by molar-refractivity contribution is -0.139. The minimum absolute atomic E-state index is 0.0754. The number of aliphatic hydroxyl groups is 1. The summed E-state index contributed by atoms with van der Waals surface area (Å²) in [4.78, 5) is 19.3. The fourth-order valence-electron chi connectivity index (χ4n) is 4.05. The third-order valence-electron chi connectivity index (χ3n) is 5.78. The van der Waals surface area contributed by atoms with E-state index >= 15 is 0 Å². The first-order valence-electron chi connectivity index (χ1n) is 9.88. The van der Waals surface area contributed by atoms with E-state index in [1.165, 1.54) is 0 Å². The van der Waals surface area contributed by atoms with Gasteiger partial charge in [0.05, 0.1) is 11.1 Å². The number of nitrogens with zero attached hydrogens (tertiary/aromatic N) is 4. The Labute approximate surface area is 164 Å². The Morgan fingerprint density at radius 3 is 2.71 bits per heavy atom. The molecule has 1 unspecified atom stereocenters. The van der Waals surface area contributed by atoms with E-state index in [1.807, 2.05) is 61.3 Å². The summed E-state index contributed by atoms with van der Waals surface area (Å²) >= 11 is 0. The number of benzene rings is 1. The van der Waals surface area contributed by atoms with Gasteiger partial charge in [-0.15, -0.1) is 0 Å². The van der Waals surface area contributed by atoms with Gasteiger partial charge in [-0.3, -0.25) is 14.5 Å². The molecule has 28 heavy (non-hydrogen) atoms. The highest BCUT2D eigenvalue weighted by Gasteiger charge is 2.37. The molecule has 0 radical (unpaired) electrons. The van der Waals surface area contributed by atoms with Crippen molar-refractivity contribution >= 4 is 16.8 Å². The van der Waals surface area contributed by atoms with Crippen molar-refractivity contribution in [2.75, 3.05) is 13.1 Å². The number of rotatable bonds is 4. The third kappa shape index (κ3) is 3.40. The van der Waals surface area contributed by atoms with Crippen LogP contribution in [0.4, 0.5) is 0 Å². The van der Waals surface area contributed by atoms with Crippen LogP contribution >= 0.6 is 0 Å². The first-order valence-corrected chi connectivity index (χ1v) is 9.88. The van der Waals surface area contributed by atoms with Crippen molar-refractivity contribution in [1.82, 2.24) is 19.7 Å². The van der Waals surface area contributed by atoms with E-state index in [0.29, 0.717) is 32.4 Å². The Bertz CT molecular complexity index is 975. The molecule has 4 rings (SSSR count). The molecule has 3 aromatic rings. The van der Waals surface area contributed by atoms with Gasteiger partial charge in [-0.1, -0.05) is 19.1 Å². The highest BCUT2D eigenvalue weighted by Crippen LogP contribution is 2.35. The summed E-state index contributed by atoms with van der Waals surface area (Å²) in [5.74, 6) is 0.0754. The molecule has 146 valence electrons. The van der Waals surface area contributed by atoms with Crippen LogP contribution < -0.4 is 0 Å². The zero-order valence-electron chi connectivity index (χ0n) is 16.4. The second kappa shape index (κ2) is 7.36. The Kier molecular flexibility index (Phi) is 4.89. The van der Waals surface area contributed by atoms with E-state index in [2.05, 4.69) is 10.1 Å². The molecule has 1 aliphatic heterocycles. The molecule has 1 amide bonds. The Morgan fingerprint density at radius 2 is 2.04 bits per heavy atom. The molecule has 1 fully saturated rings. The number of fused-ring (bicyclic) bond motifs is 1. The lowest BCUT2D eigenvalue weighted by atomic mass is 9.83. The van der Waals surface area contributed by atoms with Gasteiger partial charge < -0.3 is 10.0 Å². The lowest BCUT2D eigenvalue weighted by Gasteiger charge is -2.39. The predicted molar refractivity (Wildman–Crippen MR) is 108 cm³/mol. The number of pyridine rings is 1. The summed E-state index contributed by atoms with van der Waals surface area (Å²) in [6, 6.07) is 11.5. The average Bonchev–Trinajstić information content (AvgIpc) is 3.23. The van der Waals surface area contributed by atoms with Crippen molar-refractivity contribution in [2.45, 2.75) is 44.8 Å². The Morgan fingerprint density at radius 1 is 1.25 bits per heavy atom. The standard InChI is InChI=1S/C22H26N4O2/c1-3-20(26-12-4-11-23-26)21(27)25-13-9-22(28,10-14-25)18-7-8-19-17(15-18)6-5-16(2)24-19/h4-8,11-12,15,20,28H,3,9-10,13-14H2,1-2H3. The number of carbonyl (C=O) groups excluding carboxylic acids is 1. The minimum Gasteiger partial charge on any atom is -0.385 e. The number of likely N-dealkylation sites (tertiary alicyclic amines) is 1. The summed E-state index contributed by atoms with van der Waals surface area (Å²) in [7, 11) is 0. The molecule has 1 atom stereocenters. The van der Waals surface area contributed by atoms with Crippen LogP contribution in [0.1, 0.15) is 43.5 Å². The number of amides is 1. The van der Waals surface area contributed by atoms with Gasteiger partial charge in [0.2, 0.25) is 5.91 Å². The molecular formula is C22H26N4O2.